The number of hydrogen-bond acceptors (Lipinski definition) is 5. The summed E-state index contributed by atoms with van der Waals surface area (Å²) in [6.07, 6.45) is 1.02. The summed E-state index contributed by atoms with van der Waals surface area (Å²) in [5, 5.41) is 0.451. The van der Waals surface area contributed by atoms with Crippen molar-refractivity contribution in [3.8, 4) is 5.75 Å². The first kappa shape index (κ1) is 21.2. The zero-order valence-corrected chi connectivity index (χ0v) is 18.2. The van der Waals surface area contributed by atoms with Crippen LogP contribution < -0.4 is 4.74 Å². The lowest BCUT2D eigenvalue weighted by Crippen LogP contribution is -2.27. The Kier molecular flexibility index (Phi) is 6.40. The fourth-order valence-corrected chi connectivity index (χ4v) is 5.29. The van der Waals surface area contributed by atoms with Gasteiger partial charge in [-0.1, -0.05) is 11.6 Å². The van der Waals surface area contributed by atoms with Gasteiger partial charge in [0.2, 0.25) is 10.0 Å². The maximum atomic E-state index is 12.9. The van der Waals surface area contributed by atoms with Crippen LogP contribution in [0.25, 0.3) is 0 Å². The summed E-state index contributed by atoms with van der Waals surface area (Å²) < 4.78 is 56.0. The van der Waals surface area contributed by atoms with E-state index >= 15 is 0 Å². The quantitative estimate of drug-likeness (QED) is 0.631. The first-order valence-corrected chi connectivity index (χ1v) is 11.8. The van der Waals surface area contributed by atoms with Crippen LogP contribution in [0, 0.1) is 0 Å². The van der Waals surface area contributed by atoms with Crippen LogP contribution in [-0.4, -0.2) is 41.6 Å². The molecule has 0 amide bonds. The largest absolute Gasteiger partial charge is 0.496 e. The molecule has 0 heterocycles. The summed E-state index contributed by atoms with van der Waals surface area (Å²) in [5.74, 6) is 0.500. The molecule has 142 valence electrons. The summed E-state index contributed by atoms with van der Waals surface area (Å²) in [6, 6.07) is 8.80. The topological polar surface area (TPSA) is 80.8 Å². The van der Waals surface area contributed by atoms with Gasteiger partial charge in [-0.15, -0.1) is 0 Å². The molecule has 0 aliphatic rings. The molecule has 0 N–H and O–H groups in total. The Bertz CT molecular complexity index is 1040. The molecule has 0 aromatic heterocycles. The number of methoxy groups -OCH3 is 1. The molecular weight excluding hydrogens is 466 g/mol. The Balaban J connectivity index is 2.46. The van der Waals surface area contributed by atoms with Crippen LogP contribution >= 0.6 is 27.5 Å². The molecule has 2 aromatic rings. The molecule has 0 aliphatic heterocycles. The van der Waals surface area contributed by atoms with Crippen molar-refractivity contribution in [3.05, 3.63) is 51.5 Å². The van der Waals surface area contributed by atoms with E-state index in [9.17, 15) is 16.8 Å². The van der Waals surface area contributed by atoms with Gasteiger partial charge in [-0.2, -0.15) is 4.31 Å². The number of hydrogen-bond donors (Lipinski definition) is 0. The number of benzene rings is 2. The summed E-state index contributed by atoms with van der Waals surface area (Å²) in [4.78, 5) is -0.211. The first-order valence-electron chi connectivity index (χ1n) is 7.25. The van der Waals surface area contributed by atoms with E-state index in [0.29, 0.717) is 16.3 Å². The minimum absolute atomic E-state index is 0.00160. The SMILES string of the molecule is COc1ccc(Cl)cc1CN(C)S(=O)(=O)c1cc(S(C)(=O)=O)ccc1Br. The molecule has 0 spiro atoms. The van der Waals surface area contributed by atoms with Crippen LogP contribution in [0.3, 0.4) is 0 Å². The summed E-state index contributed by atoms with van der Waals surface area (Å²) in [7, 11) is -4.63. The van der Waals surface area contributed by atoms with E-state index in [-0.39, 0.29) is 20.8 Å². The van der Waals surface area contributed by atoms with E-state index in [1.54, 1.807) is 18.2 Å². The lowest BCUT2D eigenvalue weighted by Gasteiger charge is -2.20. The number of nitrogens with zero attached hydrogens (tertiary/aromatic N) is 1. The van der Waals surface area contributed by atoms with Crippen molar-refractivity contribution < 1.29 is 21.6 Å². The van der Waals surface area contributed by atoms with Crippen molar-refractivity contribution in [1.82, 2.24) is 4.31 Å². The van der Waals surface area contributed by atoms with Crippen LogP contribution in [0.4, 0.5) is 0 Å². The molecule has 2 aromatic carbocycles. The van der Waals surface area contributed by atoms with Gasteiger partial charge in [-0.3, -0.25) is 0 Å². The summed E-state index contributed by atoms with van der Waals surface area (Å²) in [5.41, 5.74) is 0.585. The zero-order valence-electron chi connectivity index (χ0n) is 14.2. The van der Waals surface area contributed by atoms with Crippen molar-refractivity contribution in [2.24, 2.45) is 0 Å². The molecule has 2 rings (SSSR count). The molecule has 0 unspecified atom stereocenters. The Morgan fingerprint density at radius 1 is 1.12 bits per heavy atom. The van der Waals surface area contributed by atoms with Crippen molar-refractivity contribution in [2.75, 3.05) is 20.4 Å². The maximum Gasteiger partial charge on any atom is 0.244 e. The van der Waals surface area contributed by atoms with E-state index in [2.05, 4.69) is 15.9 Å². The Morgan fingerprint density at radius 3 is 2.35 bits per heavy atom. The van der Waals surface area contributed by atoms with Gasteiger partial charge in [-0.25, -0.2) is 16.8 Å². The zero-order chi connectivity index (χ0) is 19.7. The predicted molar refractivity (Wildman–Crippen MR) is 104 cm³/mol. The first-order chi connectivity index (χ1) is 12.0. The second-order valence-corrected chi connectivity index (χ2v) is 10.9. The molecule has 0 atom stereocenters. The predicted octanol–water partition coefficient (Wildman–Crippen LogP) is 3.34. The molecule has 0 saturated carbocycles. The van der Waals surface area contributed by atoms with Crippen LogP contribution in [0.1, 0.15) is 5.56 Å². The van der Waals surface area contributed by atoms with Gasteiger partial charge in [0.1, 0.15) is 5.75 Å². The molecular formula is C16H17BrClNO5S2. The molecule has 0 saturated heterocycles. The number of ether oxygens (including phenoxy) is 1. The highest BCUT2D eigenvalue weighted by molar-refractivity contribution is 9.10. The molecule has 0 aliphatic carbocycles. The summed E-state index contributed by atoms with van der Waals surface area (Å²) in [6.45, 7) is 0.00160. The second-order valence-electron chi connectivity index (χ2n) is 5.58. The van der Waals surface area contributed by atoms with E-state index in [4.69, 9.17) is 16.3 Å². The van der Waals surface area contributed by atoms with Crippen LogP contribution in [0.2, 0.25) is 5.02 Å². The van der Waals surface area contributed by atoms with E-state index < -0.39 is 19.9 Å². The number of rotatable bonds is 6. The van der Waals surface area contributed by atoms with E-state index in [0.717, 1.165) is 16.6 Å². The highest BCUT2D eigenvalue weighted by Gasteiger charge is 2.26. The number of sulfonamides is 1. The minimum Gasteiger partial charge on any atom is -0.496 e. The van der Waals surface area contributed by atoms with Gasteiger partial charge in [-0.05, 0) is 52.3 Å². The second kappa shape index (κ2) is 7.85. The Morgan fingerprint density at radius 2 is 1.77 bits per heavy atom. The molecule has 10 heteroatoms. The Hall–Kier alpha value is -1.13. The van der Waals surface area contributed by atoms with Crippen molar-refractivity contribution in [1.29, 1.82) is 0 Å². The van der Waals surface area contributed by atoms with Crippen molar-refractivity contribution in [3.63, 3.8) is 0 Å². The van der Waals surface area contributed by atoms with Gasteiger partial charge >= 0.3 is 0 Å². The molecule has 6 nitrogen and oxygen atoms in total. The average Bonchev–Trinajstić information content (AvgIpc) is 2.54. The lowest BCUT2D eigenvalue weighted by molar-refractivity contribution is 0.398. The fraction of sp³-hybridized carbons (Fsp3) is 0.250. The average molecular weight is 483 g/mol. The summed E-state index contributed by atoms with van der Waals surface area (Å²) >= 11 is 9.17. The molecule has 0 radical (unpaired) electrons. The van der Waals surface area contributed by atoms with Gasteiger partial charge in [0.05, 0.1) is 16.9 Å². The van der Waals surface area contributed by atoms with Gasteiger partial charge < -0.3 is 4.74 Å². The van der Waals surface area contributed by atoms with Crippen LogP contribution in [0.15, 0.2) is 50.7 Å². The Labute approximate surface area is 166 Å². The van der Waals surface area contributed by atoms with Gasteiger partial charge in [0.25, 0.3) is 0 Å². The van der Waals surface area contributed by atoms with Gasteiger partial charge in [0, 0.05) is 34.9 Å². The highest BCUT2D eigenvalue weighted by Crippen LogP contribution is 2.30. The minimum atomic E-state index is -3.97. The third kappa shape index (κ3) is 4.58. The highest BCUT2D eigenvalue weighted by atomic mass is 79.9. The lowest BCUT2D eigenvalue weighted by atomic mass is 10.2. The van der Waals surface area contributed by atoms with Crippen molar-refractivity contribution in [2.45, 2.75) is 16.3 Å². The maximum absolute atomic E-state index is 12.9. The molecule has 0 bridgehead atoms. The monoisotopic (exact) mass is 481 g/mol. The number of sulfone groups is 1. The van der Waals surface area contributed by atoms with Crippen molar-refractivity contribution >= 4 is 47.4 Å². The number of halogens is 2. The van der Waals surface area contributed by atoms with Gasteiger partial charge in [0.15, 0.2) is 9.84 Å². The standard InChI is InChI=1S/C16H17BrClNO5S2/c1-19(10-11-8-12(18)4-7-15(11)24-2)26(22,23)16-9-13(25(3,20)21)5-6-14(16)17/h4-9H,10H2,1-3H3. The van der Waals surface area contributed by atoms with Crippen LogP contribution in [-0.2, 0) is 26.4 Å². The molecule has 0 fully saturated rings. The fourth-order valence-electron chi connectivity index (χ4n) is 2.28. The van der Waals surface area contributed by atoms with Crippen LogP contribution in [0.5, 0.6) is 5.75 Å². The smallest absolute Gasteiger partial charge is 0.244 e. The third-order valence-electron chi connectivity index (χ3n) is 3.65. The van der Waals surface area contributed by atoms with E-state index in [1.165, 1.54) is 26.3 Å². The molecule has 26 heavy (non-hydrogen) atoms. The third-order valence-corrected chi connectivity index (χ3v) is 7.80. The normalized spacial score (nSPS) is 12.4. The van der Waals surface area contributed by atoms with E-state index in [1.807, 2.05) is 0 Å².